The normalized spacial score (nSPS) is 14.3. The molecule has 0 atom stereocenters. The van der Waals surface area contributed by atoms with Gasteiger partial charge in [0.05, 0.1) is 11.7 Å². The SMILES string of the molecule is Cc1ccc(NC2=C(c3ccc(Cl)cc3)C(=O)N(CCCOC(C)C)C2=O)cc1C. The molecule has 1 aliphatic rings. The van der Waals surface area contributed by atoms with E-state index in [1.807, 2.05) is 45.9 Å². The van der Waals surface area contributed by atoms with E-state index in [9.17, 15) is 9.59 Å². The molecule has 0 saturated heterocycles. The monoisotopic (exact) mass is 426 g/mol. The van der Waals surface area contributed by atoms with Crippen LogP contribution in [0.4, 0.5) is 5.69 Å². The highest BCUT2D eigenvalue weighted by atomic mass is 35.5. The van der Waals surface area contributed by atoms with Crippen LogP contribution in [0.15, 0.2) is 48.2 Å². The molecular formula is C24H27ClN2O3. The Hall–Kier alpha value is -2.63. The van der Waals surface area contributed by atoms with Crippen molar-refractivity contribution in [3.8, 4) is 0 Å². The number of aryl methyl sites for hydroxylation is 2. The highest BCUT2D eigenvalue weighted by Crippen LogP contribution is 2.31. The van der Waals surface area contributed by atoms with Crippen molar-refractivity contribution in [2.24, 2.45) is 0 Å². The number of amides is 2. The molecular weight excluding hydrogens is 400 g/mol. The Kier molecular flexibility index (Phi) is 6.95. The smallest absolute Gasteiger partial charge is 0.278 e. The number of ether oxygens (including phenoxy) is 1. The lowest BCUT2D eigenvalue weighted by Gasteiger charge is -2.16. The maximum absolute atomic E-state index is 13.2. The van der Waals surface area contributed by atoms with Gasteiger partial charge in [-0.15, -0.1) is 0 Å². The summed E-state index contributed by atoms with van der Waals surface area (Å²) in [4.78, 5) is 27.6. The molecule has 158 valence electrons. The molecule has 1 N–H and O–H groups in total. The summed E-state index contributed by atoms with van der Waals surface area (Å²) in [7, 11) is 0. The second kappa shape index (κ2) is 9.45. The van der Waals surface area contributed by atoms with E-state index in [2.05, 4.69) is 5.32 Å². The topological polar surface area (TPSA) is 58.6 Å². The molecule has 0 aliphatic carbocycles. The van der Waals surface area contributed by atoms with Gasteiger partial charge >= 0.3 is 0 Å². The van der Waals surface area contributed by atoms with Gasteiger partial charge in [0.15, 0.2) is 0 Å². The lowest BCUT2D eigenvalue weighted by atomic mass is 10.0. The van der Waals surface area contributed by atoms with Gasteiger partial charge < -0.3 is 10.1 Å². The van der Waals surface area contributed by atoms with Crippen molar-refractivity contribution >= 4 is 34.7 Å². The van der Waals surface area contributed by atoms with Gasteiger partial charge in [-0.05, 0) is 75.1 Å². The van der Waals surface area contributed by atoms with Gasteiger partial charge in [-0.1, -0.05) is 29.8 Å². The lowest BCUT2D eigenvalue weighted by Crippen LogP contribution is -2.34. The largest absolute Gasteiger partial charge is 0.379 e. The Morgan fingerprint density at radius 1 is 1.00 bits per heavy atom. The molecule has 0 fully saturated rings. The zero-order valence-electron chi connectivity index (χ0n) is 17.8. The first-order valence-corrected chi connectivity index (χ1v) is 10.5. The molecule has 2 aromatic carbocycles. The van der Waals surface area contributed by atoms with Crippen LogP contribution < -0.4 is 5.32 Å². The first kappa shape index (κ1) is 22.1. The molecule has 0 bridgehead atoms. The molecule has 1 heterocycles. The maximum atomic E-state index is 13.2. The summed E-state index contributed by atoms with van der Waals surface area (Å²) in [5, 5.41) is 3.77. The maximum Gasteiger partial charge on any atom is 0.278 e. The summed E-state index contributed by atoms with van der Waals surface area (Å²) in [5.74, 6) is -0.633. The van der Waals surface area contributed by atoms with Crippen molar-refractivity contribution in [3.63, 3.8) is 0 Å². The van der Waals surface area contributed by atoms with E-state index in [4.69, 9.17) is 16.3 Å². The lowest BCUT2D eigenvalue weighted by molar-refractivity contribution is -0.137. The van der Waals surface area contributed by atoms with Gasteiger partial charge in [-0.3, -0.25) is 14.5 Å². The minimum Gasteiger partial charge on any atom is -0.379 e. The van der Waals surface area contributed by atoms with Crippen LogP contribution in [0, 0.1) is 13.8 Å². The molecule has 3 rings (SSSR count). The van der Waals surface area contributed by atoms with Crippen LogP contribution in [0.2, 0.25) is 5.02 Å². The third kappa shape index (κ3) is 4.91. The molecule has 2 aromatic rings. The van der Waals surface area contributed by atoms with Crippen molar-refractivity contribution in [1.29, 1.82) is 0 Å². The Balaban J connectivity index is 1.91. The highest BCUT2D eigenvalue weighted by molar-refractivity contribution is 6.36. The molecule has 6 heteroatoms. The second-order valence-electron chi connectivity index (χ2n) is 7.72. The second-order valence-corrected chi connectivity index (χ2v) is 8.15. The molecule has 5 nitrogen and oxygen atoms in total. The van der Waals surface area contributed by atoms with Crippen LogP contribution in [0.1, 0.15) is 37.0 Å². The average Bonchev–Trinajstić information content (AvgIpc) is 2.92. The van der Waals surface area contributed by atoms with E-state index >= 15 is 0 Å². The Morgan fingerprint density at radius 3 is 2.33 bits per heavy atom. The fraction of sp³-hybridized carbons (Fsp3) is 0.333. The average molecular weight is 427 g/mol. The number of carbonyl (C=O) groups excluding carboxylic acids is 2. The summed E-state index contributed by atoms with van der Waals surface area (Å²) in [6.45, 7) is 8.75. The Morgan fingerprint density at radius 2 is 1.70 bits per heavy atom. The summed E-state index contributed by atoms with van der Waals surface area (Å²) in [5.41, 5.74) is 4.34. The van der Waals surface area contributed by atoms with E-state index in [-0.39, 0.29) is 23.6 Å². The first-order chi connectivity index (χ1) is 14.3. The summed E-state index contributed by atoms with van der Waals surface area (Å²) >= 11 is 6.01. The number of nitrogens with zero attached hydrogens (tertiary/aromatic N) is 1. The third-order valence-electron chi connectivity index (χ3n) is 5.05. The highest BCUT2D eigenvalue weighted by Gasteiger charge is 2.38. The molecule has 2 amide bonds. The van der Waals surface area contributed by atoms with Crippen LogP contribution in [-0.2, 0) is 14.3 Å². The molecule has 0 spiro atoms. The predicted molar refractivity (Wildman–Crippen MR) is 120 cm³/mol. The Bertz CT molecular complexity index is 980. The van der Waals surface area contributed by atoms with Gasteiger partial charge in [-0.25, -0.2) is 0 Å². The minimum atomic E-state index is -0.326. The summed E-state index contributed by atoms with van der Waals surface area (Å²) in [6, 6.07) is 12.8. The van der Waals surface area contributed by atoms with Crippen molar-refractivity contribution in [1.82, 2.24) is 4.90 Å². The molecule has 30 heavy (non-hydrogen) atoms. The quantitative estimate of drug-likeness (QED) is 0.478. The van der Waals surface area contributed by atoms with E-state index < -0.39 is 0 Å². The van der Waals surface area contributed by atoms with Gasteiger partial charge in [0, 0.05) is 23.9 Å². The standard InChI is InChI=1S/C24H27ClN2O3/c1-15(2)30-13-5-12-27-23(28)21(18-7-9-19(25)10-8-18)22(24(27)29)26-20-11-6-16(3)17(4)14-20/h6-11,14-15,26H,5,12-13H2,1-4H3. The molecule has 0 radical (unpaired) electrons. The zero-order chi connectivity index (χ0) is 21.8. The summed E-state index contributed by atoms with van der Waals surface area (Å²) in [6.07, 6.45) is 0.695. The van der Waals surface area contributed by atoms with Gasteiger partial charge in [-0.2, -0.15) is 0 Å². The minimum absolute atomic E-state index is 0.111. The molecule has 0 saturated carbocycles. The number of rotatable bonds is 8. The number of benzene rings is 2. The van der Waals surface area contributed by atoms with E-state index in [0.29, 0.717) is 35.7 Å². The number of hydrogen-bond acceptors (Lipinski definition) is 4. The number of halogens is 1. The fourth-order valence-corrected chi connectivity index (χ4v) is 3.41. The van der Waals surface area contributed by atoms with Crippen LogP contribution >= 0.6 is 11.6 Å². The van der Waals surface area contributed by atoms with Gasteiger partial charge in [0.1, 0.15) is 5.70 Å². The van der Waals surface area contributed by atoms with Crippen LogP contribution in [0.5, 0.6) is 0 Å². The number of imide groups is 1. The van der Waals surface area contributed by atoms with Crippen molar-refractivity contribution in [3.05, 3.63) is 69.9 Å². The van der Waals surface area contributed by atoms with Crippen LogP contribution in [0.25, 0.3) is 5.57 Å². The molecule has 0 aromatic heterocycles. The molecule has 1 aliphatic heterocycles. The number of carbonyl (C=O) groups is 2. The van der Waals surface area contributed by atoms with E-state index in [1.165, 1.54) is 4.90 Å². The third-order valence-corrected chi connectivity index (χ3v) is 5.31. The van der Waals surface area contributed by atoms with E-state index in [0.717, 1.165) is 16.8 Å². The summed E-state index contributed by atoms with van der Waals surface area (Å²) < 4.78 is 5.55. The predicted octanol–water partition coefficient (Wildman–Crippen LogP) is 4.96. The van der Waals surface area contributed by atoms with E-state index in [1.54, 1.807) is 24.3 Å². The van der Waals surface area contributed by atoms with Crippen molar-refractivity contribution in [2.75, 3.05) is 18.5 Å². The van der Waals surface area contributed by atoms with Gasteiger partial charge in [0.2, 0.25) is 0 Å². The van der Waals surface area contributed by atoms with Crippen LogP contribution in [-0.4, -0.2) is 36.0 Å². The Labute approximate surface area is 182 Å². The number of nitrogens with one attached hydrogen (secondary N) is 1. The van der Waals surface area contributed by atoms with Crippen LogP contribution in [0.3, 0.4) is 0 Å². The van der Waals surface area contributed by atoms with Crippen molar-refractivity contribution in [2.45, 2.75) is 40.2 Å². The number of hydrogen-bond donors (Lipinski definition) is 1. The van der Waals surface area contributed by atoms with Gasteiger partial charge in [0.25, 0.3) is 11.8 Å². The fourth-order valence-electron chi connectivity index (χ4n) is 3.28. The molecule has 0 unspecified atom stereocenters. The number of anilines is 1. The van der Waals surface area contributed by atoms with Crippen molar-refractivity contribution < 1.29 is 14.3 Å². The first-order valence-electron chi connectivity index (χ1n) is 10.1. The zero-order valence-corrected chi connectivity index (χ0v) is 18.5.